The zero-order chi connectivity index (χ0) is 86.8. The molecule has 0 atom stereocenters. The molecular formula is C114H90Ir3N11Si3. The zero-order valence-electron chi connectivity index (χ0n) is 71.9. The van der Waals surface area contributed by atoms with Crippen molar-refractivity contribution in [3.8, 4) is 0 Å². The molecule has 17 heteroatoms. The minimum atomic E-state index is -2.47. The number of pyridine rings is 5. The van der Waals surface area contributed by atoms with Crippen LogP contribution in [0, 0.1) is 56.4 Å². The first kappa shape index (κ1) is 93.4. The topological polar surface area (TPSA) is 83.9 Å². The van der Waals surface area contributed by atoms with Gasteiger partial charge in [-0.1, -0.05) is 231 Å². The SMILES string of the molecule is CN1[CH-]N(c2[c-]cccc2)c2cccnc21.CN1[CH-]N(c2[c-]cccc2)c2ncccc21.[Ir+3].[Ir+3].[Ir+3].[c-]1ccccc1N1[CH-]N(c2ccccc2)c2ccccc21.[c-]1ccccc1[Si](c1ccccc1)(c1ccccc1)c1ccccn1.[c-]1ccccc1[Si](c1ccccc1)(c1ccccc1)c1ccccn1.[c-]1ccccc1[Si](c1ccccc1)(c1ccccc1)c1ccccn1. The van der Waals surface area contributed by atoms with Gasteiger partial charge in [-0.2, -0.15) is 211 Å². The van der Waals surface area contributed by atoms with E-state index >= 15 is 0 Å². The van der Waals surface area contributed by atoms with Gasteiger partial charge in [-0.25, -0.2) is 9.97 Å². The Morgan fingerprint density at radius 1 is 0.206 bits per heavy atom. The Bertz CT molecular complexity index is 5550. The maximum atomic E-state index is 4.82. The van der Waals surface area contributed by atoms with E-state index in [9.17, 15) is 0 Å². The second-order valence-electron chi connectivity index (χ2n) is 30.2. The summed E-state index contributed by atoms with van der Waals surface area (Å²) in [5, 5.41) is 15.0. The van der Waals surface area contributed by atoms with E-state index in [-0.39, 0.29) is 60.3 Å². The van der Waals surface area contributed by atoms with Crippen molar-refractivity contribution < 1.29 is 60.3 Å². The van der Waals surface area contributed by atoms with E-state index in [4.69, 9.17) is 15.0 Å². The van der Waals surface area contributed by atoms with Gasteiger partial charge < -0.3 is 29.4 Å². The van der Waals surface area contributed by atoms with Crippen LogP contribution in [0.3, 0.4) is 0 Å². The molecule has 0 saturated heterocycles. The van der Waals surface area contributed by atoms with E-state index in [1.165, 1.54) is 58.1 Å². The Kier molecular flexibility index (Phi) is 32.8. The average molecular weight is 2270 g/mol. The summed E-state index contributed by atoms with van der Waals surface area (Å²) < 4.78 is 0. The monoisotopic (exact) mass is 2280 g/mol. The molecule has 0 saturated carbocycles. The molecule has 0 N–H and O–H groups in total. The van der Waals surface area contributed by atoms with Gasteiger partial charge in [0, 0.05) is 69.7 Å². The van der Waals surface area contributed by atoms with Gasteiger partial charge in [0.2, 0.25) is 0 Å². The Balaban J connectivity index is 0.000000127. The van der Waals surface area contributed by atoms with Crippen molar-refractivity contribution in [2.45, 2.75) is 0 Å². The number of benzene rings is 14. The van der Waals surface area contributed by atoms with E-state index in [0.29, 0.717) is 0 Å². The van der Waals surface area contributed by atoms with Gasteiger partial charge in [0.15, 0.2) is 24.2 Å². The normalized spacial score (nSPS) is 12.0. The first-order valence-electron chi connectivity index (χ1n) is 42.5. The fourth-order valence-electron chi connectivity index (χ4n) is 16.8. The van der Waals surface area contributed by atoms with Gasteiger partial charge in [0.25, 0.3) is 0 Å². The first-order valence-corrected chi connectivity index (χ1v) is 48.5. The minimum Gasteiger partial charge on any atom is -0.502 e. The second-order valence-corrected chi connectivity index (χ2v) is 41.3. The van der Waals surface area contributed by atoms with Crippen LogP contribution in [-0.4, -0.2) is 63.2 Å². The molecule has 14 aromatic carbocycles. The third-order valence-corrected chi connectivity index (χ3v) is 36.3. The van der Waals surface area contributed by atoms with Gasteiger partial charge >= 0.3 is 60.3 Å². The summed E-state index contributed by atoms with van der Waals surface area (Å²) in [5.74, 6) is 1.92. The number of hydrogen-bond donors (Lipinski definition) is 0. The predicted octanol–water partition coefficient (Wildman–Crippen LogP) is 16.8. The number of para-hydroxylation sites is 6. The van der Waals surface area contributed by atoms with Crippen LogP contribution in [-0.2, 0) is 60.3 Å². The van der Waals surface area contributed by atoms with Crippen LogP contribution in [0.4, 0.5) is 57.1 Å². The Morgan fingerprint density at radius 3 is 0.802 bits per heavy atom. The van der Waals surface area contributed by atoms with E-state index in [1.54, 1.807) is 6.20 Å². The minimum absolute atomic E-state index is 0. The summed E-state index contributed by atoms with van der Waals surface area (Å²) in [6, 6.07) is 179. The van der Waals surface area contributed by atoms with Crippen LogP contribution in [0.15, 0.2) is 492 Å². The molecular weight excluding hydrogens is 2180 g/mol. The fraction of sp³-hybridized carbons (Fsp3) is 0.0175. The molecule has 11 nitrogen and oxygen atoms in total. The van der Waals surface area contributed by atoms with Crippen molar-refractivity contribution in [1.29, 1.82) is 0 Å². The number of rotatable bonds is 16. The number of hydrogen-bond acceptors (Lipinski definition) is 11. The maximum absolute atomic E-state index is 4.82. The maximum Gasteiger partial charge on any atom is 3.00 e. The molecule has 22 rings (SSSR count). The number of aromatic nitrogens is 5. The van der Waals surface area contributed by atoms with Crippen LogP contribution in [0.5, 0.6) is 0 Å². The van der Waals surface area contributed by atoms with Crippen molar-refractivity contribution in [2.24, 2.45) is 0 Å². The third-order valence-electron chi connectivity index (χ3n) is 22.6. The molecule has 0 unspecified atom stereocenters. The number of anilines is 10. The van der Waals surface area contributed by atoms with Crippen molar-refractivity contribution >= 4 is 144 Å². The Hall–Kier alpha value is -13.8. The molecule has 0 radical (unpaired) electrons. The largest absolute Gasteiger partial charge is 3.00 e. The molecule has 131 heavy (non-hydrogen) atoms. The van der Waals surface area contributed by atoms with Crippen molar-refractivity contribution in [3.63, 3.8) is 0 Å². The van der Waals surface area contributed by atoms with Gasteiger partial charge in [-0.3, -0.25) is 15.0 Å². The van der Waals surface area contributed by atoms with Gasteiger partial charge in [0.1, 0.15) is 11.6 Å². The Morgan fingerprint density at radius 2 is 0.473 bits per heavy atom. The van der Waals surface area contributed by atoms with Crippen LogP contribution in [0.2, 0.25) is 0 Å². The molecule has 0 bridgehead atoms. The molecule has 0 fully saturated rings. The zero-order valence-corrected chi connectivity index (χ0v) is 82.1. The van der Waals surface area contributed by atoms with Crippen molar-refractivity contribution in [3.05, 3.63) is 548 Å². The standard InChI is InChI=1S/3C23H18NSi.C19H14N2.2C13H11N3.3Ir/c3*1-4-12-20(13-5-1)25(21-14-6-2-7-15-21,22-16-8-3-9-17-22)23-18-10-11-19-24-23;1-3-9-16(10-4-1)20-15-21(17-11-5-2-6-12-17)19-14-8-7-13-18(19)20;1-15-10-16(11-6-3-2-4-7-11)12-8-5-9-14-13(12)15;1-15-10-16(11-6-3-2-4-7-11)13-12(15)8-5-9-14-13;;;/h3*1-16,18-19H;1-11,13-15H;2*2-6,8-10H,1H3;;;/q3*-1;3*-2;3*+3. The summed E-state index contributed by atoms with van der Waals surface area (Å²) in [4.78, 5) is 35.8. The van der Waals surface area contributed by atoms with E-state index in [1.807, 2.05) is 202 Å². The molecule has 0 spiro atoms. The van der Waals surface area contributed by atoms with Gasteiger partial charge in [-0.05, 0) is 130 Å². The van der Waals surface area contributed by atoms with Crippen molar-refractivity contribution in [2.75, 3.05) is 43.5 Å². The van der Waals surface area contributed by atoms with Crippen LogP contribution in [0.25, 0.3) is 0 Å². The number of nitrogens with zero attached hydrogens (tertiary/aromatic N) is 11. The summed E-state index contributed by atoms with van der Waals surface area (Å²) in [6.07, 6.45) is 9.30. The second kappa shape index (κ2) is 46.0. The fourth-order valence-corrected chi connectivity index (χ4v) is 30.2. The van der Waals surface area contributed by atoms with Crippen LogP contribution >= 0.6 is 0 Å². The molecule has 19 aromatic rings. The van der Waals surface area contributed by atoms with E-state index in [2.05, 4.69) is 394 Å². The summed E-state index contributed by atoms with van der Waals surface area (Å²) >= 11 is 0. The smallest absolute Gasteiger partial charge is 0.502 e. The molecule has 0 aliphatic carbocycles. The average Bonchev–Trinajstić information content (AvgIpc) is 0.894. The molecule has 8 heterocycles. The summed E-state index contributed by atoms with van der Waals surface area (Å²) in [6.45, 7) is 6.15. The predicted molar refractivity (Wildman–Crippen MR) is 536 cm³/mol. The van der Waals surface area contributed by atoms with E-state index < -0.39 is 24.2 Å². The molecule has 3 aliphatic heterocycles. The van der Waals surface area contributed by atoms with Crippen molar-refractivity contribution in [1.82, 2.24) is 24.9 Å². The number of fused-ring (bicyclic) bond motifs is 3. The Labute approximate surface area is 814 Å². The quantitative estimate of drug-likeness (QED) is 0.0527. The first-order chi connectivity index (χ1) is 63.4. The van der Waals surface area contributed by atoms with E-state index in [0.717, 1.165) is 61.7 Å². The molecule has 5 aromatic heterocycles. The van der Waals surface area contributed by atoms with Crippen LogP contribution < -0.4 is 92.0 Å². The van der Waals surface area contributed by atoms with Gasteiger partial charge in [-0.15, -0.1) is 23.7 Å². The van der Waals surface area contributed by atoms with Crippen LogP contribution in [0.1, 0.15) is 0 Å². The summed E-state index contributed by atoms with van der Waals surface area (Å²) in [7, 11) is -3.39. The molecule has 0 amide bonds. The summed E-state index contributed by atoms with van der Waals surface area (Å²) in [5.41, 5.74) is 8.79. The third kappa shape index (κ3) is 20.6. The molecule has 640 valence electrons. The van der Waals surface area contributed by atoms with Gasteiger partial charge in [0.05, 0.1) is 5.69 Å². The molecule has 3 aliphatic rings.